The van der Waals surface area contributed by atoms with E-state index in [-0.39, 0.29) is 18.0 Å². The number of carbonyl (C=O) groups is 2. The second-order valence-electron chi connectivity index (χ2n) is 11.7. The quantitative estimate of drug-likeness (QED) is 0.212. The molecule has 2 aliphatic rings. The van der Waals surface area contributed by atoms with E-state index in [1.165, 1.54) is 0 Å². The number of benzene rings is 2. The molecule has 0 aromatic heterocycles. The van der Waals surface area contributed by atoms with E-state index in [1.54, 1.807) is 67.0 Å². The number of methoxy groups -OCH3 is 6. The fourth-order valence-electron chi connectivity index (χ4n) is 6.08. The van der Waals surface area contributed by atoms with Crippen LogP contribution in [0.2, 0.25) is 0 Å². The average molecular weight is 691 g/mol. The molecule has 50 heavy (non-hydrogen) atoms. The van der Waals surface area contributed by atoms with Crippen molar-refractivity contribution in [3.8, 4) is 34.5 Å². The Hall–Kier alpha value is -4.94. The number of hydrogen-bond acceptors (Lipinski definition) is 10. The van der Waals surface area contributed by atoms with Crippen LogP contribution < -0.4 is 28.4 Å². The lowest BCUT2D eigenvalue weighted by atomic mass is 10.1. The molecule has 4 rings (SSSR count). The Kier molecular flexibility index (Phi) is 14.2. The summed E-state index contributed by atoms with van der Waals surface area (Å²) >= 11 is 0. The maximum absolute atomic E-state index is 12.9. The molecule has 0 N–H and O–H groups in total. The van der Waals surface area contributed by atoms with Crippen molar-refractivity contribution in [3.05, 3.63) is 71.8 Å². The summed E-state index contributed by atoms with van der Waals surface area (Å²) in [6.07, 6.45) is 14.3. The Morgan fingerprint density at radius 2 is 0.840 bits per heavy atom. The first-order chi connectivity index (χ1) is 24.3. The van der Waals surface area contributed by atoms with Crippen LogP contribution in [0.3, 0.4) is 0 Å². The van der Waals surface area contributed by atoms with Crippen molar-refractivity contribution >= 4 is 24.0 Å². The van der Waals surface area contributed by atoms with Crippen LogP contribution in [0.5, 0.6) is 34.5 Å². The molecule has 2 aromatic carbocycles. The van der Waals surface area contributed by atoms with E-state index in [9.17, 15) is 9.59 Å². The Morgan fingerprint density at radius 1 is 0.520 bits per heavy atom. The Bertz CT molecular complexity index is 1400. The van der Waals surface area contributed by atoms with E-state index in [2.05, 4.69) is 16.7 Å². The molecule has 2 amide bonds. The Balaban J connectivity index is 1.20. The van der Waals surface area contributed by atoms with Gasteiger partial charge in [0.25, 0.3) is 0 Å². The molecule has 2 saturated heterocycles. The maximum Gasteiger partial charge on any atom is 0.246 e. The van der Waals surface area contributed by atoms with Crippen LogP contribution in [0.1, 0.15) is 18.1 Å². The molecule has 0 unspecified atom stereocenters. The van der Waals surface area contributed by atoms with Gasteiger partial charge >= 0.3 is 0 Å². The molecular formula is C38H50N4O8. The van der Waals surface area contributed by atoms with Gasteiger partial charge in [-0.2, -0.15) is 0 Å². The zero-order valence-corrected chi connectivity index (χ0v) is 30.2. The first-order valence-corrected chi connectivity index (χ1v) is 16.6. The third-order valence-corrected chi connectivity index (χ3v) is 8.96. The van der Waals surface area contributed by atoms with E-state index >= 15 is 0 Å². The molecule has 12 nitrogen and oxygen atoms in total. The lowest BCUT2D eigenvalue weighted by molar-refractivity contribution is -0.129. The normalized spacial score (nSPS) is 16.2. The topological polar surface area (TPSA) is 102 Å². The predicted molar refractivity (Wildman–Crippen MR) is 194 cm³/mol. The van der Waals surface area contributed by atoms with Crippen molar-refractivity contribution in [1.82, 2.24) is 19.6 Å². The van der Waals surface area contributed by atoms with Crippen LogP contribution in [-0.2, 0) is 9.59 Å². The van der Waals surface area contributed by atoms with Crippen molar-refractivity contribution in [2.75, 3.05) is 95.0 Å². The summed E-state index contributed by atoms with van der Waals surface area (Å²) in [7, 11) is 9.45. The molecular weight excluding hydrogens is 640 g/mol. The monoisotopic (exact) mass is 690 g/mol. The Labute approximate surface area is 295 Å². The van der Waals surface area contributed by atoms with Crippen molar-refractivity contribution in [1.29, 1.82) is 0 Å². The number of allylic oxidation sites excluding steroid dienone is 4. The second-order valence-corrected chi connectivity index (χ2v) is 11.7. The largest absolute Gasteiger partial charge is 0.493 e. The molecule has 0 saturated carbocycles. The highest BCUT2D eigenvalue weighted by Gasteiger charge is 2.29. The number of hydrogen-bond donors (Lipinski definition) is 0. The summed E-state index contributed by atoms with van der Waals surface area (Å²) in [5.74, 6) is 3.33. The van der Waals surface area contributed by atoms with Gasteiger partial charge in [-0.15, -0.1) is 0 Å². The van der Waals surface area contributed by atoms with Crippen molar-refractivity contribution < 1.29 is 38.0 Å². The molecule has 0 atom stereocenters. The van der Waals surface area contributed by atoms with Gasteiger partial charge in [0, 0.05) is 64.5 Å². The maximum atomic E-state index is 12.9. The number of amides is 2. The lowest BCUT2D eigenvalue weighted by Crippen LogP contribution is -2.59. The molecule has 270 valence electrons. The number of nitrogens with zero attached hydrogens (tertiary/aromatic N) is 4. The summed E-state index contributed by atoms with van der Waals surface area (Å²) in [5.41, 5.74) is 1.73. The average Bonchev–Trinajstić information content (AvgIpc) is 3.16. The third-order valence-electron chi connectivity index (χ3n) is 8.96. The first-order valence-electron chi connectivity index (χ1n) is 16.6. The van der Waals surface area contributed by atoms with Crippen molar-refractivity contribution in [3.63, 3.8) is 0 Å². The molecule has 0 aliphatic carbocycles. The Morgan fingerprint density at radius 3 is 1.12 bits per heavy atom. The highest BCUT2D eigenvalue weighted by Crippen LogP contribution is 2.39. The third kappa shape index (κ3) is 9.60. The van der Waals surface area contributed by atoms with Gasteiger partial charge in [-0.25, -0.2) is 0 Å². The van der Waals surface area contributed by atoms with Gasteiger partial charge in [-0.3, -0.25) is 19.4 Å². The first kappa shape index (κ1) is 37.9. The summed E-state index contributed by atoms with van der Waals surface area (Å²) < 4.78 is 32.4. The highest BCUT2D eigenvalue weighted by atomic mass is 16.5. The summed E-state index contributed by atoms with van der Waals surface area (Å²) in [6, 6.07) is 7.40. The zero-order valence-electron chi connectivity index (χ0n) is 30.2. The predicted octanol–water partition coefficient (Wildman–Crippen LogP) is 4.21. The summed E-state index contributed by atoms with van der Waals surface area (Å²) in [4.78, 5) is 34.3. The van der Waals surface area contributed by atoms with Crippen LogP contribution in [0.25, 0.3) is 12.2 Å². The van der Waals surface area contributed by atoms with Gasteiger partial charge in [-0.05, 0) is 42.3 Å². The van der Waals surface area contributed by atoms with E-state index in [4.69, 9.17) is 28.4 Å². The number of piperazine rings is 2. The minimum Gasteiger partial charge on any atom is -0.493 e. The van der Waals surface area contributed by atoms with E-state index in [0.29, 0.717) is 60.7 Å². The molecule has 2 aliphatic heterocycles. The van der Waals surface area contributed by atoms with Crippen molar-refractivity contribution in [2.24, 2.45) is 0 Å². The van der Waals surface area contributed by atoms with Crippen molar-refractivity contribution in [2.45, 2.75) is 13.1 Å². The van der Waals surface area contributed by atoms with Gasteiger partial charge in [0.2, 0.25) is 23.3 Å². The number of carbonyl (C=O) groups excluding carboxylic acids is 2. The van der Waals surface area contributed by atoms with Crippen LogP contribution >= 0.6 is 0 Å². The van der Waals surface area contributed by atoms with Crippen LogP contribution in [0.15, 0.2) is 60.7 Å². The highest BCUT2D eigenvalue weighted by molar-refractivity contribution is 5.88. The zero-order chi connectivity index (χ0) is 36.0. The van der Waals surface area contributed by atoms with E-state index in [1.807, 2.05) is 58.4 Å². The lowest BCUT2D eigenvalue weighted by Gasteiger charge is -2.45. The number of rotatable bonds is 14. The molecule has 2 aromatic rings. The fraction of sp³-hybridized carbons (Fsp3) is 0.421. The van der Waals surface area contributed by atoms with Gasteiger partial charge in [0.1, 0.15) is 0 Å². The van der Waals surface area contributed by atoms with Crippen LogP contribution in [0, 0.1) is 0 Å². The minimum atomic E-state index is -0.00896. The van der Waals surface area contributed by atoms with Gasteiger partial charge in [-0.1, -0.05) is 36.5 Å². The molecule has 2 fully saturated rings. The smallest absolute Gasteiger partial charge is 0.246 e. The van der Waals surface area contributed by atoms with E-state index < -0.39 is 0 Å². The molecule has 2 heterocycles. The summed E-state index contributed by atoms with van der Waals surface area (Å²) in [5, 5.41) is 0. The molecule has 12 heteroatoms. The number of ether oxygens (including phenoxy) is 6. The second kappa shape index (κ2) is 18.7. The van der Waals surface area contributed by atoms with Gasteiger partial charge in [0.05, 0.1) is 48.8 Å². The minimum absolute atomic E-state index is 0.00896. The molecule has 0 bridgehead atoms. The molecule has 0 radical (unpaired) electrons. The van der Waals surface area contributed by atoms with Crippen LogP contribution in [-0.4, -0.2) is 133 Å². The SMILES string of the molecule is COc1cc(/C=C/C=C/C(=O)N2CCN(C(C)N3CCN(C(=O)/C=C/C=C/c4cc(OC)c(OC)c(OC)c4)CC3)CC2)cc(OC)c1OC. The fourth-order valence-corrected chi connectivity index (χ4v) is 6.08. The standard InChI is InChI=1S/C38H50N4O8/c1-28(39-16-20-41(21-17-39)35(43)14-10-8-12-29-24-31(45-2)37(49-6)32(25-29)46-3)40-18-22-42(23-19-40)36(44)15-11-9-13-30-26-33(47-4)38(50-7)34(27-30)48-5/h8-15,24-28H,16-23H2,1-7H3/b12-8+,13-9+,14-10+,15-11+. The summed E-state index contributed by atoms with van der Waals surface area (Å²) in [6.45, 7) is 8.03. The van der Waals surface area contributed by atoms with Gasteiger partial charge in [0.15, 0.2) is 23.0 Å². The van der Waals surface area contributed by atoms with Crippen LogP contribution in [0.4, 0.5) is 0 Å². The van der Waals surface area contributed by atoms with Gasteiger partial charge < -0.3 is 38.2 Å². The molecule has 0 spiro atoms. The van der Waals surface area contributed by atoms with E-state index in [0.717, 1.165) is 37.3 Å².